The van der Waals surface area contributed by atoms with Crippen molar-refractivity contribution in [3.63, 3.8) is 0 Å². The largest absolute Gasteiger partial charge is 0.377 e. The molecule has 30 heavy (non-hydrogen) atoms. The van der Waals surface area contributed by atoms with Gasteiger partial charge in [-0.15, -0.1) is 0 Å². The lowest BCUT2D eigenvalue weighted by Crippen LogP contribution is -2.38. The van der Waals surface area contributed by atoms with Gasteiger partial charge >= 0.3 is 0 Å². The molecular weight excluding hydrogens is 392 g/mol. The zero-order valence-electron chi connectivity index (χ0n) is 18.4. The Morgan fingerprint density at radius 2 is 1.57 bits per heavy atom. The second-order valence-corrected chi connectivity index (χ2v) is 10.1. The Morgan fingerprint density at radius 3 is 2.23 bits per heavy atom. The zero-order valence-corrected chi connectivity index (χ0v) is 19.2. The summed E-state index contributed by atoms with van der Waals surface area (Å²) >= 11 is 0. The van der Waals surface area contributed by atoms with Crippen LogP contribution >= 0.6 is 0 Å². The van der Waals surface area contributed by atoms with Crippen molar-refractivity contribution in [3.8, 4) is 0 Å². The molecule has 0 aliphatic heterocycles. The third-order valence-electron chi connectivity index (χ3n) is 5.84. The average molecular weight is 425 g/mol. The maximum atomic E-state index is 13.4. The smallest absolute Gasteiger partial charge is 0.241 e. The molecule has 3 aromatic carbocycles. The predicted molar refractivity (Wildman–Crippen MR) is 127 cm³/mol. The number of benzene rings is 3. The fourth-order valence-corrected chi connectivity index (χ4v) is 5.35. The maximum Gasteiger partial charge on any atom is 0.241 e. The Morgan fingerprint density at radius 1 is 0.900 bits per heavy atom. The molecule has 0 amide bonds. The van der Waals surface area contributed by atoms with Crippen molar-refractivity contribution >= 4 is 26.5 Å². The van der Waals surface area contributed by atoms with E-state index in [-0.39, 0.29) is 5.41 Å². The van der Waals surface area contributed by atoms with Crippen molar-refractivity contribution in [2.24, 2.45) is 0 Å². The number of unbranched alkanes of at least 4 members (excludes halogenated alkanes) is 1. The third kappa shape index (κ3) is 4.68. The van der Waals surface area contributed by atoms with Crippen LogP contribution in [0.5, 0.6) is 0 Å². The summed E-state index contributed by atoms with van der Waals surface area (Å²) < 4.78 is 29.6. The van der Waals surface area contributed by atoms with Gasteiger partial charge in [-0.3, -0.25) is 0 Å². The van der Waals surface area contributed by atoms with E-state index in [1.54, 1.807) is 6.07 Å². The van der Waals surface area contributed by atoms with Gasteiger partial charge in [0.25, 0.3) is 0 Å². The molecule has 160 valence electrons. The van der Waals surface area contributed by atoms with Gasteiger partial charge in [0.05, 0.1) is 4.90 Å². The van der Waals surface area contributed by atoms with Crippen LogP contribution in [0.1, 0.15) is 38.7 Å². The third-order valence-corrected chi connectivity index (χ3v) is 7.29. The fourth-order valence-electron chi connectivity index (χ4n) is 3.96. The molecule has 0 bridgehead atoms. The van der Waals surface area contributed by atoms with Gasteiger partial charge < -0.3 is 4.90 Å². The van der Waals surface area contributed by atoms with E-state index in [4.69, 9.17) is 0 Å². The number of fused-ring (bicyclic) bond motifs is 1. The van der Waals surface area contributed by atoms with Crippen LogP contribution in [0.3, 0.4) is 0 Å². The van der Waals surface area contributed by atoms with E-state index >= 15 is 0 Å². The van der Waals surface area contributed by atoms with Crippen molar-refractivity contribution in [2.75, 3.05) is 25.5 Å². The summed E-state index contributed by atoms with van der Waals surface area (Å²) in [6.07, 6.45) is 3.05. The molecule has 0 fully saturated rings. The fraction of sp³-hybridized carbons (Fsp3) is 0.360. The van der Waals surface area contributed by atoms with E-state index in [0.29, 0.717) is 11.4 Å². The Kier molecular flexibility index (Phi) is 6.84. The number of nitrogens with zero attached hydrogens (tertiary/aromatic N) is 1. The van der Waals surface area contributed by atoms with Crippen molar-refractivity contribution < 1.29 is 8.42 Å². The molecule has 3 rings (SSSR count). The molecule has 4 nitrogen and oxygen atoms in total. The highest BCUT2D eigenvalue weighted by Crippen LogP contribution is 2.32. The summed E-state index contributed by atoms with van der Waals surface area (Å²) in [5.74, 6) is 0. The molecule has 1 unspecified atom stereocenters. The Hall–Kier alpha value is -2.37. The first-order chi connectivity index (χ1) is 14.3. The highest BCUT2D eigenvalue weighted by Gasteiger charge is 2.29. The Bertz CT molecular complexity index is 1090. The molecule has 0 heterocycles. The average Bonchev–Trinajstić information content (AvgIpc) is 2.76. The van der Waals surface area contributed by atoms with Crippen molar-refractivity contribution in [1.29, 1.82) is 0 Å². The maximum absolute atomic E-state index is 13.4. The molecule has 0 saturated heterocycles. The number of hydrogen-bond donors (Lipinski definition) is 1. The van der Waals surface area contributed by atoms with Crippen LogP contribution in [-0.4, -0.2) is 29.1 Å². The molecule has 0 aliphatic rings. The second kappa shape index (κ2) is 9.19. The van der Waals surface area contributed by atoms with Gasteiger partial charge in [-0.05, 0) is 24.1 Å². The minimum Gasteiger partial charge on any atom is -0.377 e. The van der Waals surface area contributed by atoms with Gasteiger partial charge in [-0.1, -0.05) is 81.3 Å². The van der Waals surface area contributed by atoms with E-state index < -0.39 is 10.0 Å². The van der Waals surface area contributed by atoms with Crippen LogP contribution in [0.2, 0.25) is 0 Å². The minimum absolute atomic E-state index is 0.260. The topological polar surface area (TPSA) is 49.4 Å². The van der Waals surface area contributed by atoms with E-state index in [9.17, 15) is 8.42 Å². The van der Waals surface area contributed by atoms with Crippen LogP contribution < -0.4 is 9.62 Å². The summed E-state index contributed by atoms with van der Waals surface area (Å²) in [5, 5.41) is 1.67. The lowest BCUT2D eigenvalue weighted by atomic mass is 9.78. The van der Waals surface area contributed by atoms with Crippen LogP contribution in [0, 0.1) is 0 Å². The molecule has 3 aromatic rings. The first-order valence-electron chi connectivity index (χ1n) is 10.5. The van der Waals surface area contributed by atoms with E-state index in [1.165, 1.54) is 0 Å². The van der Waals surface area contributed by atoms with Crippen LogP contribution in [0.4, 0.5) is 5.69 Å². The molecule has 0 aliphatic carbocycles. The summed E-state index contributed by atoms with van der Waals surface area (Å²) in [4.78, 5) is 2.33. The van der Waals surface area contributed by atoms with E-state index in [2.05, 4.69) is 30.7 Å². The van der Waals surface area contributed by atoms with Crippen LogP contribution in [0.25, 0.3) is 10.8 Å². The SMILES string of the molecule is CCCCC(C)(CNS(=O)(=O)c1cccc2c(N(C)C)cccc12)c1ccccc1. The number of rotatable bonds is 9. The number of nitrogens with one attached hydrogen (secondary N) is 1. The quantitative estimate of drug-likeness (QED) is 0.505. The van der Waals surface area contributed by atoms with Gasteiger partial charge in [0.2, 0.25) is 10.0 Å². The molecule has 0 spiro atoms. The molecular formula is C25H32N2O2S. The van der Waals surface area contributed by atoms with Gasteiger partial charge in [-0.25, -0.2) is 13.1 Å². The number of sulfonamides is 1. The Labute approximate surface area is 181 Å². The standard InChI is InChI=1S/C25H32N2O2S/c1-5-6-18-25(2,20-12-8-7-9-13-20)19-26-30(28,29)24-17-11-14-21-22(24)15-10-16-23(21)27(3)4/h7-17,26H,5-6,18-19H2,1-4H3. The summed E-state index contributed by atoms with van der Waals surface area (Å²) in [5.41, 5.74) is 1.90. The number of hydrogen-bond acceptors (Lipinski definition) is 3. The first kappa shape index (κ1) is 22.3. The lowest BCUT2D eigenvalue weighted by Gasteiger charge is -2.30. The van der Waals surface area contributed by atoms with Crippen molar-refractivity contribution in [1.82, 2.24) is 4.72 Å². The van der Waals surface area contributed by atoms with E-state index in [0.717, 1.165) is 41.3 Å². The van der Waals surface area contributed by atoms with Gasteiger partial charge in [0.15, 0.2) is 0 Å². The first-order valence-corrected chi connectivity index (χ1v) is 12.0. The van der Waals surface area contributed by atoms with Gasteiger partial charge in [-0.2, -0.15) is 0 Å². The summed E-state index contributed by atoms with van der Waals surface area (Å²) in [6.45, 7) is 4.67. The highest BCUT2D eigenvalue weighted by atomic mass is 32.2. The molecule has 1 N–H and O–H groups in total. The number of anilines is 1. The monoisotopic (exact) mass is 424 g/mol. The molecule has 1 atom stereocenters. The molecule has 0 aromatic heterocycles. The minimum atomic E-state index is -3.66. The lowest BCUT2D eigenvalue weighted by molar-refractivity contribution is 0.411. The van der Waals surface area contributed by atoms with Crippen molar-refractivity contribution in [2.45, 2.75) is 43.4 Å². The van der Waals surface area contributed by atoms with Gasteiger partial charge in [0.1, 0.15) is 0 Å². The molecule has 5 heteroatoms. The molecule has 0 radical (unpaired) electrons. The molecule has 0 saturated carbocycles. The predicted octanol–water partition coefficient (Wildman–Crippen LogP) is 5.33. The van der Waals surface area contributed by atoms with Crippen molar-refractivity contribution in [3.05, 3.63) is 72.3 Å². The van der Waals surface area contributed by atoms with Crippen LogP contribution in [-0.2, 0) is 15.4 Å². The zero-order chi connectivity index (χ0) is 21.8. The normalized spacial score (nSPS) is 13.9. The van der Waals surface area contributed by atoms with Gasteiger partial charge in [0, 0.05) is 42.5 Å². The second-order valence-electron chi connectivity index (χ2n) is 8.38. The summed E-state index contributed by atoms with van der Waals surface area (Å²) in [7, 11) is 0.267. The summed E-state index contributed by atoms with van der Waals surface area (Å²) in [6, 6.07) is 21.5. The highest BCUT2D eigenvalue weighted by molar-refractivity contribution is 7.89. The Balaban J connectivity index is 1.95. The van der Waals surface area contributed by atoms with Crippen LogP contribution in [0.15, 0.2) is 71.6 Å². The van der Waals surface area contributed by atoms with E-state index in [1.807, 2.05) is 67.5 Å².